The van der Waals surface area contributed by atoms with Crippen LogP contribution in [-0.4, -0.2) is 11.2 Å². The second-order valence-electron chi connectivity index (χ2n) is 7.19. The molecule has 3 unspecified atom stereocenters. The van der Waals surface area contributed by atoms with Gasteiger partial charge in [0.15, 0.2) is 0 Å². The Bertz CT molecular complexity index is 679. The number of fused-ring (bicyclic) bond motifs is 3. The minimum Gasteiger partial charge on any atom is -0.385 e. The predicted molar refractivity (Wildman–Crippen MR) is 104 cm³/mol. The predicted octanol–water partition coefficient (Wildman–Crippen LogP) is 6.21. The second kappa shape index (κ2) is 8.64. The van der Waals surface area contributed by atoms with E-state index in [1.54, 1.807) is 0 Å². The summed E-state index contributed by atoms with van der Waals surface area (Å²) in [6, 6.07) is 16.4. The van der Waals surface area contributed by atoms with Crippen LogP contribution in [0.5, 0.6) is 0 Å². The summed E-state index contributed by atoms with van der Waals surface area (Å²) in [7, 11) is 0. The van der Waals surface area contributed by atoms with Crippen LogP contribution in [0, 0.1) is 0 Å². The van der Waals surface area contributed by atoms with Crippen molar-refractivity contribution in [3.8, 4) is 11.1 Å². The van der Waals surface area contributed by atoms with Gasteiger partial charge in [0, 0.05) is 0 Å². The summed E-state index contributed by atoms with van der Waals surface area (Å²) >= 11 is 0. The van der Waals surface area contributed by atoms with Gasteiger partial charge in [-0.2, -0.15) is 0 Å². The third-order valence-corrected chi connectivity index (χ3v) is 5.22. The van der Waals surface area contributed by atoms with E-state index in [1.807, 2.05) is 24.3 Å². The van der Waals surface area contributed by atoms with Gasteiger partial charge < -0.3 is 9.84 Å². The molecule has 2 aromatic carbocycles. The SMILES string of the molecule is CCCCCCCC(C)OC1c2ccccc2-c2ccccc2C1O. The van der Waals surface area contributed by atoms with E-state index in [-0.39, 0.29) is 12.2 Å². The molecule has 1 aliphatic rings. The largest absolute Gasteiger partial charge is 0.385 e. The molecule has 0 amide bonds. The van der Waals surface area contributed by atoms with Gasteiger partial charge in [-0.15, -0.1) is 0 Å². The van der Waals surface area contributed by atoms with Gasteiger partial charge >= 0.3 is 0 Å². The summed E-state index contributed by atoms with van der Waals surface area (Å²) in [4.78, 5) is 0. The van der Waals surface area contributed by atoms with Gasteiger partial charge in [-0.3, -0.25) is 0 Å². The summed E-state index contributed by atoms with van der Waals surface area (Å²) in [5.74, 6) is 0. The fourth-order valence-electron chi connectivity index (χ4n) is 3.83. The van der Waals surface area contributed by atoms with E-state index < -0.39 is 6.10 Å². The lowest BCUT2D eigenvalue weighted by atomic mass is 9.82. The Kier molecular flexibility index (Phi) is 6.28. The molecule has 25 heavy (non-hydrogen) atoms. The Morgan fingerprint density at radius 3 is 2.20 bits per heavy atom. The van der Waals surface area contributed by atoms with Crippen LogP contribution in [0.4, 0.5) is 0 Å². The van der Waals surface area contributed by atoms with Crippen molar-refractivity contribution in [1.29, 1.82) is 0 Å². The standard InChI is InChI=1S/C23H30O2/c1-3-4-5-6-7-12-17(2)25-23-21-16-11-9-14-19(21)18-13-8-10-15-20(18)22(23)24/h8-11,13-17,22-24H,3-7,12H2,1-2H3. The number of ether oxygens (including phenoxy) is 1. The normalized spacial score (nSPS) is 20.0. The molecule has 0 aromatic heterocycles. The molecule has 2 nitrogen and oxygen atoms in total. The van der Waals surface area contributed by atoms with Crippen LogP contribution in [0.1, 0.15) is 75.7 Å². The molecule has 0 heterocycles. The van der Waals surface area contributed by atoms with Crippen molar-refractivity contribution in [3.63, 3.8) is 0 Å². The van der Waals surface area contributed by atoms with Crippen LogP contribution in [0.3, 0.4) is 0 Å². The highest BCUT2D eigenvalue weighted by atomic mass is 16.5. The van der Waals surface area contributed by atoms with Crippen molar-refractivity contribution in [2.75, 3.05) is 0 Å². The molecule has 0 spiro atoms. The van der Waals surface area contributed by atoms with E-state index >= 15 is 0 Å². The van der Waals surface area contributed by atoms with Gasteiger partial charge in [-0.1, -0.05) is 87.6 Å². The lowest BCUT2D eigenvalue weighted by Crippen LogP contribution is -2.24. The molecule has 2 heteroatoms. The second-order valence-corrected chi connectivity index (χ2v) is 7.19. The topological polar surface area (TPSA) is 29.5 Å². The number of hydrogen-bond acceptors (Lipinski definition) is 2. The maximum Gasteiger partial charge on any atom is 0.113 e. The van der Waals surface area contributed by atoms with E-state index in [0.29, 0.717) is 0 Å². The number of benzene rings is 2. The molecule has 134 valence electrons. The monoisotopic (exact) mass is 338 g/mol. The van der Waals surface area contributed by atoms with Gasteiger partial charge in [0.25, 0.3) is 0 Å². The Morgan fingerprint density at radius 1 is 0.880 bits per heavy atom. The van der Waals surface area contributed by atoms with Crippen molar-refractivity contribution in [1.82, 2.24) is 0 Å². The van der Waals surface area contributed by atoms with E-state index in [1.165, 1.54) is 37.7 Å². The molecule has 1 aliphatic carbocycles. The Balaban J connectivity index is 1.71. The van der Waals surface area contributed by atoms with Crippen LogP contribution >= 0.6 is 0 Å². The third-order valence-electron chi connectivity index (χ3n) is 5.22. The van der Waals surface area contributed by atoms with E-state index in [0.717, 1.165) is 23.1 Å². The zero-order chi connectivity index (χ0) is 17.6. The highest BCUT2D eigenvalue weighted by Gasteiger charge is 2.33. The summed E-state index contributed by atoms with van der Waals surface area (Å²) < 4.78 is 6.34. The number of rotatable bonds is 8. The lowest BCUT2D eigenvalue weighted by molar-refractivity contribution is -0.0788. The highest BCUT2D eigenvalue weighted by molar-refractivity contribution is 5.74. The van der Waals surface area contributed by atoms with Crippen LogP contribution in [-0.2, 0) is 4.74 Å². The smallest absolute Gasteiger partial charge is 0.113 e. The Labute approximate surface area is 151 Å². The van der Waals surface area contributed by atoms with Crippen molar-refractivity contribution in [3.05, 3.63) is 59.7 Å². The first-order chi connectivity index (χ1) is 12.2. The molecule has 0 fully saturated rings. The molecule has 3 rings (SSSR count). The number of unbranched alkanes of at least 4 members (excludes halogenated alkanes) is 4. The first-order valence-electron chi connectivity index (χ1n) is 9.74. The van der Waals surface area contributed by atoms with E-state index in [4.69, 9.17) is 4.74 Å². The summed E-state index contributed by atoms with van der Waals surface area (Å²) in [5, 5.41) is 10.9. The molecule has 2 aromatic rings. The summed E-state index contributed by atoms with van der Waals surface area (Å²) in [6.45, 7) is 4.38. The van der Waals surface area contributed by atoms with Crippen LogP contribution in [0.25, 0.3) is 11.1 Å². The summed E-state index contributed by atoms with van der Waals surface area (Å²) in [6.07, 6.45) is 6.69. The first kappa shape index (κ1) is 18.2. The van der Waals surface area contributed by atoms with Crippen molar-refractivity contribution < 1.29 is 9.84 Å². The summed E-state index contributed by atoms with van der Waals surface area (Å²) in [5.41, 5.74) is 4.38. The van der Waals surface area contributed by atoms with Gasteiger partial charge in [0.1, 0.15) is 12.2 Å². The van der Waals surface area contributed by atoms with Gasteiger partial charge in [0.2, 0.25) is 0 Å². The van der Waals surface area contributed by atoms with Crippen molar-refractivity contribution >= 4 is 0 Å². The number of aliphatic hydroxyl groups is 1. The van der Waals surface area contributed by atoms with E-state index in [2.05, 4.69) is 38.1 Å². The molecule has 0 saturated heterocycles. The quantitative estimate of drug-likeness (QED) is 0.580. The molecule has 0 aliphatic heterocycles. The van der Waals surface area contributed by atoms with Crippen molar-refractivity contribution in [2.45, 2.75) is 70.7 Å². The number of aliphatic hydroxyl groups excluding tert-OH is 1. The minimum atomic E-state index is -0.603. The maximum atomic E-state index is 10.9. The fourth-order valence-corrected chi connectivity index (χ4v) is 3.83. The number of hydrogen-bond donors (Lipinski definition) is 1. The maximum absolute atomic E-state index is 10.9. The van der Waals surface area contributed by atoms with Gasteiger partial charge in [-0.05, 0) is 35.6 Å². The molecule has 1 N–H and O–H groups in total. The third kappa shape index (κ3) is 4.13. The van der Waals surface area contributed by atoms with Gasteiger partial charge in [-0.25, -0.2) is 0 Å². The molecule has 0 bridgehead atoms. The minimum absolute atomic E-state index is 0.152. The molecular weight excluding hydrogens is 308 g/mol. The first-order valence-corrected chi connectivity index (χ1v) is 9.74. The molecule has 0 radical (unpaired) electrons. The van der Waals surface area contributed by atoms with Crippen molar-refractivity contribution in [2.24, 2.45) is 0 Å². The molecular formula is C23H30O2. The fraction of sp³-hybridized carbons (Fsp3) is 0.478. The van der Waals surface area contributed by atoms with Crippen LogP contribution in [0.2, 0.25) is 0 Å². The highest BCUT2D eigenvalue weighted by Crippen LogP contribution is 2.46. The van der Waals surface area contributed by atoms with Gasteiger partial charge in [0.05, 0.1) is 6.10 Å². The average molecular weight is 338 g/mol. The zero-order valence-corrected chi connectivity index (χ0v) is 15.4. The molecule has 3 atom stereocenters. The van der Waals surface area contributed by atoms with Crippen LogP contribution in [0.15, 0.2) is 48.5 Å². The van der Waals surface area contributed by atoms with E-state index in [9.17, 15) is 5.11 Å². The lowest BCUT2D eigenvalue weighted by Gasteiger charge is -2.34. The molecule has 0 saturated carbocycles. The Hall–Kier alpha value is -1.64. The zero-order valence-electron chi connectivity index (χ0n) is 15.4. The Morgan fingerprint density at radius 2 is 1.48 bits per heavy atom. The average Bonchev–Trinajstić information content (AvgIpc) is 2.65. The van der Waals surface area contributed by atoms with Crippen LogP contribution < -0.4 is 0 Å².